The van der Waals surface area contributed by atoms with Crippen LogP contribution in [0, 0.1) is 0 Å². The average Bonchev–Trinajstić information content (AvgIpc) is 2.42. The molecule has 8 nitrogen and oxygen atoms in total. The summed E-state index contributed by atoms with van der Waals surface area (Å²) >= 11 is 0. The Hall–Kier alpha value is -1.83. The molecule has 1 aliphatic carbocycles. The number of nitrogens with zero attached hydrogens (tertiary/aromatic N) is 2. The Morgan fingerprint density at radius 3 is 2.26 bits per heavy atom. The monoisotopic (exact) mass is 328 g/mol. The predicted octanol–water partition coefficient (Wildman–Crippen LogP) is 1.42. The number of carbonyl (C=O) groups excluding carboxylic acids is 2. The first-order chi connectivity index (χ1) is 10.6. The number of hydrogen-bond donors (Lipinski definition) is 2. The van der Waals surface area contributed by atoms with Crippen LogP contribution in [0.5, 0.6) is 0 Å². The summed E-state index contributed by atoms with van der Waals surface area (Å²) in [5.74, 6) is -0.549. The summed E-state index contributed by atoms with van der Waals surface area (Å²) < 4.78 is 5.25. The SMILES string of the molecule is CC(C)(C)OC(=O)N1CCN(C(=O)O)C2(CCC(O)CC2)C1=O. The smallest absolute Gasteiger partial charge is 0.417 e. The van der Waals surface area contributed by atoms with Gasteiger partial charge in [0.2, 0.25) is 0 Å². The molecule has 1 aliphatic heterocycles. The fourth-order valence-electron chi connectivity index (χ4n) is 3.22. The number of piperazine rings is 1. The third-order valence-electron chi connectivity index (χ3n) is 4.33. The first kappa shape index (κ1) is 17.5. The number of amides is 3. The Bertz CT molecular complexity index is 505. The van der Waals surface area contributed by atoms with Gasteiger partial charge in [-0.05, 0) is 46.5 Å². The summed E-state index contributed by atoms with van der Waals surface area (Å²) in [6.07, 6.45) is -1.40. The Morgan fingerprint density at radius 2 is 1.78 bits per heavy atom. The van der Waals surface area contributed by atoms with Crippen LogP contribution >= 0.6 is 0 Å². The van der Waals surface area contributed by atoms with E-state index in [2.05, 4.69) is 0 Å². The maximum absolute atomic E-state index is 12.9. The zero-order valence-electron chi connectivity index (χ0n) is 13.7. The summed E-state index contributed by atoms with van der Waals surface area (Å²) in [6.45, 7) is 5.14. The Kier molecular flexibility index (Phi) is 4.57. The van der Waals surface area contributed by atoms with E-state index in [-0.39, 0.29) is 25.9 Å². The van der Waals surface area contributed by atoms with Crippen LogP contribution in [0.15, 0.2) is 0 Å². The van der Waals surface area contributed by atoms with Gasteiger partial charge >= 0.3 is 12.2 Å². The van der Waals surface area contributed by atoms with Crippen molar-refractivity contribution in [1.82, 2.24) is 9.80 Å². The van der Waals surface area contributed by atoms with Crippen molar-refractivity contribution >= 4 is 18.1 Å². The molecule has 2 rings (SSSR count). The molecule has 0 unspecified atom stereocenters. The second-order valence-electron chi connectivity index (χ2n) is 7.13. The highest BCUT2D eigenvalue weighted by atomic mass is 16.6. The molecule has 1 saturated carbocycles. The van der Waals surface area contributed by atoms with Crippen LogP contribution in [0.25, 0.3) is 0 Å². The molecule has 2 fully saturated rings. The van der Waals surface area contributed by atoms with E-state index in [1.165, 1.54) is 0 Å². The molecule has 1 saturated heterocycles. The number of aliphatic hydroxyl groups excluding tert-OH is 1. The number of ether oxygens (including phenoxy) is 1. The van der Waals surface area contributed by atoms with Gasteiger partial charge in [0.15, 0.2) is 0 Å². The molecule has 0 atom stereocenters. The van der Waals surface area contributed by atoms with Crippen LogP contribution in [0.4, 0.5) is 9.59 Å². The van der Waals surface area contributed by atoms with Gasteiger partial charge < -0.3 is 14.9 Å². The molecule has 3 amide bonds. The van der Waals surface area contributed by atoms with Crippen molar-refractivity contribution < 1.29 is 29.3 Å². The van der Waals surface area contributed by atoms with Crippen LogP contribution in [-0.2, 0) is 9.53 Å². The minimum absolute atomic E-state index is 0.0235. The molecule has 2 N–H and O–H groups in total. The Labute approximate surface area is 135 Å². The molecule has 8 heteroatoms. The number of imide groups is 1. The van der Waals surface area contributed by atoms with Gasteiger partial charge in [0.25, 0.3) is 5.91 Å². The average molecular weight is 328 g/mol. The fourth-order valence-corrected chi connectivity index (χ4v) is 3.22. The van der Waals surface area contributed by atoms with Crippen molar-refractivity contribution in [3.8, 4) is 0 Å². The normalized spacial score (nSPS) is 28.9. The lowest BCUT2D eigenvalue weighted by molar-refractivity contribution is -0.152. The quantitative estimate of drug-likeness (QED) is 0.696. The van der Waals surface area contributed by atoms with Crippen LogP contribution in [-0.4, -0.2) is 68.4 Å². The van der Waals surface area contributed by atoms with Crippen molar-refractivity contribution in [3.05, 3.63) is 0 Å². The summed E-state index contributed by atoms with van der Waals surface area (Å²) in [5.41, 5.74) is -2.02. The molecule has 0 aromatic carbocycles. The topological polar surface area (TPSA) is 107 Å². The largest absolute Gasteiger partial charge is 0.465 e. The highest BCUT2D eigenvalue weighted by Crippen LogP contribution is 2.38. The molecule has 1 spiro atoms. The van der Waals surface area contributed by atoms with Gasteiger partial charge in [0.1, 0.15) is 11.1 Å². The van der Waals surface area contributed by atoms with Gasteiger partial charge in [0.05, 0.1) is 6.10 Å². The molecular weight excluding hydrogens is 304 g/mol. The second kappa shape index (κ2) is 5.99. The standard InChI is InChI=1S/C15H24N2O6/c1-14(2,3)23-13(22)16-8-9-17(12(20)21)15(11(16)19)6-4-10(18)5-7-15/h10,18H,4-9H2,1-3H3,(H,20,21). The van der Waals surface area contributed by atoms with E-state index < -0.39 is 35.3 Å². The maximum atomic E-state index is 12.9. The Balaban J connectivity index is 2.26. The van der Waals surface area contributed by atoms with Crippen LogP contribution < -0.4 is 0 Å². The van der Waals surface area contributed by atoms with Gasteiger partial charge in [-0.15, -0.1) is 0 Å². The van der Waals surface area contributed by atoms with Crippen LogP contribution in [0.2, 0.25) is 0 Å². The third-order valence-corrected chi connectivity index (χ3v) is 4.33. The van der Waals surface area contributed by atoms with Gasteiger partial charge in [-0.1, -0.05) is 0 Å². The van der Waals surface area contributed by atoms with Gasteiger partial charge in [0, 0.05) is 13.1 Å². The molecule has 0 radical (unpaired) electrons. The van der Waals surface area contributed by atoms with Crippen molar-refractivity contribution in [3.63, 3.8) is 0 Å². The number of carbonyl (C=O) groups is 3. The number of hydrogen-bond acceptors (Lipinski definition) is 5. The summed E-state index contributed by atoms with van der Waals surface area (Å²) in [5, 5.41) is 19.1. The number of rotatable bonds is 0. The Morgan fingerprint density at radius 1 is 1.22 bits per heavy atom. The van der Waals surface area contributed by atoms with Crippen molar-refractivity contribution in [2.75, 3.05) is 13.1 Å². The lowest BCUT2D eigenvalue weighted by Crippen LogP contribution is -2.69. The highest BCUT2D eigenvalue weighted by Gasteiger charge is 2.54. The van der Waals surface area contributed by atoms with Crippen LogP contribution in [0.3, 0.4) is 0 Å². The summed E-state index contributed by atoms with van der Waals surface area (Å²) in [4.78, 5) is 38.8. The zero-order valence-corrected chi connectivity index (χ0v) is 13.7. The predicted molar refractivity (Wildman–Crippen MR) is 79.9 cm³/mol. The molecular formula is C15H24N2O6. The minimum Gasteiger partial charge on any atom is -0.465 e. The first-order valence-corrected chi connectivity index (χ1v) is 7.80. The molecule has 130 valence electrons. The van der Waals surface area contributed by atoms with Crippen molar-refractivity contribution in [2.45, 2.75) is 63.7 Å². The fraction of sp³-hybridized carbons (Fsp3) is 0.800. The second-order valence-corrected chi connectivity index (χ2v) is 7.13. The molecule has 0 aromatic rings. The van der Waals surface area contributed by atoms with Gasteiger partial charge in [-0.25, -0.2) is 14.5 Å². The lowest BCUT2D eigenvalue weighted by atomic mass is 9.77. The molecule has 1 heterocycles. The van der Waals surface area contributed by atoms with E-state index in [4.69, 9.17) is 4.74 Å². The summed E-state index contributed by atoms with van der Waals surface area (Å²) in [6, 6.07) is 0. The molecule has 0 aromatic heterocycles. The number of aliphatic hydroxyl groups is 1. The highest BCUT2D eigenvalue weighted by molar-refractivity contribution is 6.00. The third kappa shape index (κ3) is 3.41. The first-order valence-electron chi connectivity index (χ1n) is 7.80. The van der Waals surface area contributed by atoms with E-state index >= 15 is 0 Å². The minimum atomic E-state index is -1.28. The zero-order chi connectivity index (χ0) is 17.4. The summed E-state index contributed by atoms with van der Waals surface area (Å²) in [7, 11) is 0. The van der Waals surface area contributed by atoms with Gasteiger partial charge in [-0.3, -0.25) is 9.69 Å². The lowest BCUT2D eigenvalue weighted by Gasteiger charge is -2.49. The van der Waals surface area contributed by atoms with E-state index in [0.29, 0.717) is 12.8 Å². The van der Waals surface area contributed by atoms with E-state index in [0.717, 1.165) is 9.80 Å². The van der Waals surface area contributed by atoms with E-state index in [1.807, 2.05) is 0 Å². The van der Waals surface area contributed by atoms with E-state index in [1.54, 1.807) is 20.8 Å². The van der Waals surface area contributed by atoms with E-state index in [9.17, 15) is 24.6 Å². The molecule has 0 bridgehead atoms. The molecule has 2 aliphatic rings. The van der Waals surface area contributed by atoms with Crippen molar-refractivity contribution in [1.29, 1.82) is 0 Å². The van der Waals surface area contributed by atoms with Gasteiger partial charge in [-0.2, -0.15) is 0 Å². The number of carboxylic acid groups (broad SMARTS) is 1. The van der Waals surface area contributed by atoms with Crippen molar-refractivity contribution in [2.24, 2.45) is 0 Å². The maximum Gasteiger partial charge on any atom is 0.417 e. The van der Waals surface area contributed by atoms with Crippen LogP contribution in [0.1, 0.15) is 46.5 Å². The molecule has 23 heavy (non-hydrogen) atoms.